The summed E-state index contributed by atoms with van der Waals surface area (Å²) in [4.78, 5) is 0. The van der Waals surface area contributed by atoms with Crippen LogP contribution < -0.4 is 11.2 Å². The van der Waals surface area contributed by atoms with Gasteiger partial charge >= 0.3 is 0 Å². The van der Waals surface area contributed by atoms with Crippen molar-refractivity contribution in [1.82, 2.24) is 5.01 Å². The van der Waals surface area contributed by atoms with Crippen molar-refractivity contribution >= 4 is 5.69 Å². The monoisotopic (exact) mass is 269 g/mol. The Hall–Kier alpha value is -1.84. The van der Waals surface area contributed by atoms with E-state index in [1.807, 2.05) is 29.3 Å². The van der Waals surface area contributed by atoms with Crippen molar-refractivity contribution in [2.24, 2.45) is 5.84 Å². The molecule has 0 saturated heterocycles. The molecule has 0 amide bonds. The second-order valence-electron chi connectivity index (χ2n) is 5.21. The van der Waals surface area contributed by atoms with Crippen LogP contribution >= 0.6 is 0 Å². The fraction of sp³-hybridized carbons (Fsp3) is 0.294. The molecule has 0 bridgehead atoms. The maximum absolute atomic E-state index is 6.25. The van der Waals surface area contributed by atoms with Crippen LogP contribution in [0.15, 0.2) is 60.7 Å². The number of para-hydroxylation sites is 1. The molecule has 0 heterocycles. The highest BCUT2D eigenvalue weighted by Gasteiger charge is 2.19. The summed E-state index contributed by atoms with van der Waals surface area (Å²) < 4.78 is 0. The molecule has 0 spiro atoms. The van der Waals surface area contributed by atoms with Crippen LogP contribution in [-0.2, 0) is 0 Å². The third kappa shape index (κ3) is 3.83. The van der Waals surface area contributed by atoms with Gasteiger partial charge in [0.1, 0.15) is 0 Å². The number of hydrogen-bond donors (Lipinski definition) is 2. The lowest BCUT2D eigenvalue weighted by atomic mass is 10.1. The van der Waals surface area contributed by atoms with Crippen LogP contribution in [0, 0.1) is 0 Å². The van der Waals surface area contributed by atoms with E-state index in [0.29, 0.717) is 0 Å². The minimum atomic E-state index is 0.149. The highest BCUT2D eigenvalue weighted by Crippen LogP contribution is 2.20. The van der Waals surface area contributed by atoms with Gasteiger partial charge in [-0.05, 0) is 31.5 Å². The molecule has 20 heavy (non-hydrogen) atoms. The van der Waals surface area contributed by atoms with Gasteiger partial charge in [-0.1, -0.05) is 48.5 Å². The van der Waals surface area contributed by atoms with Crippen molar-refractivity contribution in [1.29, 1.82) is 0 Å². The van der Waals surface area contributed by atoms with Gasteiger partial charge in [-0.2, -0.15) is 0 Å². The predicted molar refractivity (Wildman–Crippen MR) is 85.3 cm³/mol. The lowest BCUT2D eigenvalue weighted by Gasteiger charge is -2.31. The Balaban J connectivity index is 2.11. The number of anilines is 1. The van der Waals surface area contributed by atoms with Crippen LogP contribution in [0.3, 0.4) is 0 Å². The average molecular weight is 269 g/mol. The second kappa shape index (κ2) is 7.08. The lowest BCUT2D eigenvalue weighted by molar-refractivity contribution is 0.163. The lowest BCUT2D eigenvalue weighted by Crippen LogP contribution is -2.43. The van der Waals surface area contributed by atoms with Crippen molar-refractivity contribution < 1.29 is 0 Å². The number of hydrogen-bond acceptors (Lipinski definition) is 3. The zero-order valence-corrected chi connectivity index (χ0v) is 12.2. The maximum atomic E-state index is 6.25. The van der Waals surface area contributed by atoms with E-state index >= 15 is 0 Å². The molecule has 2 aromatic rings. The van der Waals surface area contributed by atoms with Crippen molar-refractivity contribution in [3.05, 3.63) is 66.2 Å². The van der Waals surface area contributed by atoms with Crippen LogP contribution in [-0.4, -0.2) is 17.6 Å². The van der Waals surface area contributed by atoms with Gasteiger partial charge in [0.05, 0.1) is 6.04 Å². The SMILES string of the molecule is CC(C)N(N)C(CNc1ccccc1)c1ccccc1. The minimum absolute atomic E-state index is 0.149. The molecule has 0 aliphatic carbocycles. The standard InChI is InChI=1S/C17H23N3/c1-14(2)20(18)17(15-9-5-3-6-10-15)13-19-16-11-7-4-8-12-16/h3-12,14,17,19H,13,18H2,1-2H3. The number of hydrazine groups is 1. The zero-order chi connectivity index (χ0) is 14.4. The molecule has 0 radical (unpaired) electrons. The third-order valence-corrected chi connectivity index (χ3v) is 3.41. The molecule has 3 heteroatoms. The maximum Gasteiger partial charge on any atom is 0.0666 e. The van der Waals surface area contributed by atoms with Crippen LogP contribution in [0.1, 0.15) is 25.5 Å². The summed E-state index contributed by atoms with van der Waals surface area (Å²) in [5.74, 6) is 6.25. The zero-order valence-electron chi connectivity index (χ0n) is 12.2. The molecular weight excluding hydrogens is 246 g/mol. The van der Waals surface area contributed by atoms with Gasteiger partial charge in [0.2, 0.25) is 0 Å². The Labute approximate surface area is 121 Å². The van der Waals surface area contributed by atoms with Gasteiger partial charge in [-0.15, -0.1) is 0 Å². The number of nitrogens with one attached hydrogen (secondary N) is 1. The van der Waals surface area contributed by atoms with Crippen LogP contribution in [0.25, 0.3) is 0 Å². The first kappa shape index (κ1) is 14.6. The second-order valence-corrected chi connectivity index (χ2v) is 5.21. The van der Waals surface area contributed by atoms with Crippen molar-refractivity contribution in [2.45, 2.75) is 25.9 Å². The Morgan fingerprint density at radius 1 is 0.950 bits per heavy atom. The molecule has 0 aliphatic rings. The molecule has 2 aromatic carbocycles. The largest absolute Gasteiger partial charge is 0.383 e. The average Bonchev–Trinajstić information content (AvgIpc) is 2.49. The van der Waals surface area contributed by atoms with Crippen molar-refractivity contribution in [3.63, 3.8) is 0 Å². The van der Waals surface area contributed by atoms with E-state index < -0.39 is 0 Å². The van der Waals surface area contributed by atoms with Gasteiger partial charge < -0.3 is 5.32 Å². The molecule has 0 saturated carbocycles. The molecule has 3 N–H and O–H groups in total. The van der Waals surface area contributed by atoms with E-state index in [0.717, 1.165) is 12.2 Å². The molecule has 3 nitrogen and oxygen atoms in total. The van der Waals surface area contributed by atoms with E-state index in [1.165, 1.54) is 5.56 Å². The number of nitrogens with two attached hydrogens (primary N) is 1. The molecule has 0 aromatic heterocycles. The van der Waals surface area contributed by atoms with Gasteiger partial charge in [0, 0.05) is 18.3 Å². The summed E-state index contributed by atoms with van der Waals surface area (Å²) in [6, 6.07) is 21.0. The quantitative estimate of drug-likeness (QED) is 0.623. The molecular formula is C17H23N3. The summed E-state index contributed by atoms with van der Waals surface area (Å²) in [6.45, 7) is 5.00. The summed E-state index contributed by atoms with van der Waals surface area (Å²) >= 11 is 0. The highest BCUT2D eigenvalue weighted by molar-refractivity contribution is 5.43. The molecule has 1 atom stereocenters. The van der Waals surface area contributed by atoms with Crippen molar-refractivity contribution in [2.75, 3.05) is 11.9 Å². The van der Waals surface area contributed by atoms with E-state index in [1.54, 1.807) is 0 Å². The normalized spacial score (nSPS) is 12.7. The number of benzene rings is 2. The predicted octanol–water partition coefficient (Wildman–Crippen LogP) is 3.42. The Morgan fingerprint density at radius 3 is 2.05 bits per heavy atom. The van der Waals surface area contributed by atoms with Crippen molar-refractivity contribution in [3.8, 4) is 0 Å². The number of rotatable bonds is 6. The third-order valence-electron chi connectivity index (χ3n) is 3.41. The first-order valence-corrected chi connectivity index (χ1v) is 7.05. The number of nitrogens with zero attached hydrogens (tertiary/aromatic N) is 1. The summed E-state index contributed by atoms with van der Waals surface area (Å²) in [5, 5.41) is 5.37. The fourth-order valence-corrected chi connectivity index (χ4v) is 2.20. The summed E-state index contributed by atoms with van der Waals surface area (Å²) in [6.07, 6.45) is 0. The van der Waals surface area contributed by atoms with E-state index in [9.17, 15) is 0 Å². The Morgan fingerprint density at radius 2 is 1.50 bits per heavy atom. The van der Waals surface area contributed by atoms with Gasteiger partial charge in [-0.25, -0.2) is 5.01 Å². The summed E-state index contributed by atoms with van der Waals surface area (Å²) in [5.41, 5.74) is 2.35. The van der Waals surface area contributed by atoms with E-state index in [-0.39, 0.29) is 12.1 Å². The smallest absolute Gasteiger partial charge is 0.0666 e. The van der Waals surface area contributed by atoms with Gasteiger partial charge in [-0.3, -0.25) is 5.84 Å². The highest BCUT2D eigenvalue weighted by atomic mass is 15.4. The van der Waals surface area contributed by atoms with Gasteiger partial charge in [0.15, 0.2) is 0 Å². The molecule has 2 rings (SSSR count). The molecule has 1 unspecified atom stereocenters. The topological polar surface area (TPSA) is 41.3 Å². The summed E-state index contributed by atoms with van der Waals surface area (Å²) in [7, 11) is 0. The fourth-order valence-electron chi connectivity index (χ4n) is 2.20. The van der Waals surface area contributed by atoms with E-state index in [4.69, 9.17) is 5.84 Å². The Kier molecular flexibility index (Phi) is 5.16. The molecule has 0 aliphatic heterocycles. The first-order chi connectivity index (χ1) is 9.68. The molecule has 106 valence electrons. The van der Waals surface area contributed by atoms with Crippen LogP contribution in [0.2, 0.25) is 0 Å². The van der Waals surface area contributed by atoms with E-state index in [2.05, 4.69) is 55.6 Å². The minimum Gasteiger partial charge on any atom is -0.383 e. The van der Waals surface area contributed by atoms with Crippen LogP contribution in [0.4, 0.5) is 5.69 Å². The van der Waals surface area contributed by atoms with Gasteiger partial charge in [0.25, 0.3) is 0 Å². The first-order valence-electron chi connectivity index (χ1n) is 7.05. The van der Waals surface area contributed by atoms with Crippen LogP contribution in [0.5, 0.6) is 0 Å². The Bertz CT molecular complexity index is 496. The molecule has 0 fully saturated rings.